The van der Waals surface area contributed by atoms with Gasteiger partial charge in [0.2, 0.25) is 0 Å². The number of hydrogen-bond acceptors (Lipinski definition) is 7. The Balaban J connectivity index is 1.65. The molecule has 0 aliphatic carbocycles. The lowest BCUT2D eigenvalue weighted by Crippen LogP contribution is -2.31. The van der Waals surface area contributed by atoms with Gasteiger partial charge in [-0.3, -0.25) is 19.3 Å². The number of rotatable bonds is 9. The third kappa shape index (κ3) is 5.86. The molecule has 3 amide bonds. The fraction of sp³-hybridized carbons (Fsp3) is 0.227. The highest BCUT2D eigenvalue weighted by Gasteiger charge is 2.34. The van der Waals surface area contributed by atoms with Crippen molar-refractivity contribution in [3.05, 3.63) is 58.8 Å². The first-order chi connectivity index (χ1) is 15.4. The van der Waals surface area contributed by atoms with Gasteiger partial charge < -0.3 is 19.5 Å². The lowest BCUT2D eigenvalue weighted by atomic mass is 10.2. The molecule has 1 saturated heterocycles. The Morgan fingerprint density at radius 2 is 1.88 bits per heavy atom. The van der Waals surface area contributed by atoms with Crippen LogP contribution in [0.5, 0.6) is 11.5 Å². The molecule has 1 N–H and O–H groups in total. The van der Waals surface area contributed by atoms with E-state index < -0.39 is 11.7 Å². The number of carbonyl (C=O) groups excluding carboxylic acids is 3. The lowest BCUT2D eigenvalue weighted by Gasteiger charge is -2.12. The minimum Gasteiger partial charge on any atom is -0.493 e. The molecule has 0 unspecified atom stereocenters. The van der Waals surface area contributed by atoms with Crippen molar-refractivity contribution in [2.24, 2.45) is 0 Å². The maximum Gasteiger partial charge on any atom is 0.293 e. The average Bonchev–Trinajstić information content (AvgIpc) is 3.05. The third-order valence-corrected chi connectivity index (χ3v) is 5.27. The molecule has 2 aromatic rings. The summed E-state index contributed by atoms with van der Waals surface area (Å²) in [4.78, 5) is 38.0. The van der Waals surface area contributed by atoms with E-state index in [1.54, 1.807) is 24.3 Å². The molecule has 0 saturated carbocycles. The predicted molar refractivity (Wildman–Crippen MR) is 118 cm³/mol. The molecular weight excluding hydrogens is 439 g/mol. The van der Waals surface area contributed by atoms with E-state index in [0.717, 1.165) is 16.7 Å². The molecule has 0 radical (unpaired) electrons. The average molecular weight is 460 g/mol. The van der Waals surface area contributed by atoms with Crippen LogP contribution < -0.4 is 14.8 Å². The Bertz CT molecular complexity index is 1040. The van der Waals surface area contributed by atoms with Crippen molar-refractivity contribution in [3.63, 3.8) is 0 Å². The highest BCUT2D eigenvalue weighted by molar-refractivity contribution is 8.18. The zero-order valence-corrected chi connectivity index (χ0v) is 18.2. The Morgan fingerprint density at radius 1 is 1.12 bits per heavy atom. The van der Waals surface area contributed by atoms with Crippen LogP contribution >= 0.6 is 11.8 Å². The molecule has 1 heterocycles. The standard InChI is InChI=1S/C22H21FN2O6S/c1-29-10-9-25-21(27)19(32-22(25)28)12-14-3-8-17(18(11-14)30-2)31-13-20(26)24-16-6-4-15(23)5-7-16/h3-8,11-12H,9-10,13H2,1-2H3,(H,24,26)/b19-12+. The molecule has 0 aromatic heterocycles. The van der Waals surface area contributed by atoms with Gasteiger partial charge in [-0.05, 0) is 59.8 Å². The number of amides is 3. The van der Waals surface area contributed by atoms with Crippen LogP contribution in [0.1, 0.15) is 5.56 Å². The molecule has 10 heteroatoms. The molecule has 0 atom stereocenters. The van der Waals surface area contributed by atoms with E-state index in [4.69, 9.17) is 14.2 Å². The van der Waals surface area contributed by atoms with Crippen LogP contribution in [0.15, 0.2) is 47.4 Å². The molecule has 1 aliphatic heterocycles. The lowest BCUT2D eigenvalue weighted by molar-refractivity contribution is -0.123. The highest BCUT2D eigenvalue weighted by atomic mass is 32.2. The molecule has 0 bridgehead atoms. The largest absolute Gasteiger partial charge is 0.493 e. The first-order valence-electron chi connectivity index (χ1n) is 9.52. The van der Waals surface area contributed by atoms with Gasteiger partial charge in [-0.2, -0.15) is 0 Å². The van der Waals surface area contributed by atoms with E-state index in [1.165, 1.54) is 38.5 Å². The summed E-state index contributed by atoms with van der Waals surface area (Å²) >= 11 is 0.855. The molecule has 32 heavy (non-hydrogen) atoms. The normalized spacial score (nSPS) is 14.7. The number of halogens is 1. The van der Waals surface area contributed by atoms with Gasteiger partial charge in [-0.15, -0.1) is 0 Å². The Morgan fingerprint density at radius 3 is 2.56 bits per heavy atom. The van der Waals surface area contributed by atoms with Crippen molar-refractivity contribution < 1.29 is 33.0 Å². The van der Waals surface area contributed by atoms with Gasteiger partial charge in [0.05, 0.1) is 25.2 Å². The monoisotopic (exact) mass is 460 g/mol. The van der Waals surface area contributed by atoms with Crippen LogP contribution in [0.25, 0.3) is 6.08 Å². The number of benzene rings is 2. The fourth-order valence-corrected chi connectivity index (χ4v) is 3.66. The second kappa shape index (κ2) is 10.8. The van der Waals surface area contributed by atoms with Crippen LogP contribution in [0.2, 0.25) is 0 Å². The van der Waals surface area contributed by atoms with Crippen LogP contribution in [-0.2, 0) is 14.3 Å². The molecule has 168 valence electrons. The summed E-state index contributed by atoms with van der Waals surface area (Å²) in [6.07, 6.45) is 1.59. The van der Waals surface area contributed by atoms with E-state index >= 15 is 0 Å². The number of imide groups is 1. The number of carbonyl (C=O) groups is 3. The van der Waals surface area contributed by atoms with Gasteiger partial charge in [-0.1, -0.05) is 6.07 Å². The van der Waals surface area contributed by atoms with Crippen molar-refractivity contribution in [2.45, 2.75) is 0 Å². The molecule has 3 rings (SSSR count). The number of methoxy groups -OCH3 is 2. The Hall–Kier alpha value is -3.37. The van der Waals surface area contributed by atoms with Gasteiger partial charge in [-0.25, -0.2) is 4.39 Å². The SMILES string of the molecule is COCCN1C(=O)S/C(=C/c2ccc(OCC(=O)Nc3ccc(F)cc3)c(OC)c2)C1=O. The second-order valence-corrected chi connectivity index (χ2v) is 7.57. The summed E-state index contributed by atoms with van der Waals surface area (Å²) in [7, 11) is 2.94. The Kier molecular flexibility index (Phi) is 7.85. The van der Waals surface area contributed by atoms with E-state index in [0.29, 0.717) is 27.7 Å². The van der Waals surface area contributed by atoms with E-state index in [2.05, 4.69) is 5.32 Å². The summed E-state index contributed by atoms with van der Waals surface area (Å²) in [5.41, 5.74) is 1.07. The summed E-state index contributed by atoms with van der Waals surface area (Å²) in [5, 5.41) is 2.25. The minimum absolute atomic E-state index is 0.189. The van der Waals surface area contributed by atoms with E-state index in [-0.39, 0.29) is 30.9 Å². The number of thioether (sulfide) groups is 1. The zero-order valence-electron chi connectivity index (χ0n) is 17.4. The van der Waals surface area contributed by atoms with Crippen LogP contribution in [0.4, 0.5) is 14.9 Å². The second-order valence-electron chi connectivity index (χ2n) is 6.58. The quantitative estimate of drug-likeness (QED) is 0.572. The Labute approximate surface area is 188 Å². The zero-order chi connectivity index (χ0) is 23.1. The summed E-state index contributed by atoms with van der Waals surface area (Å²) in [6.45, 7) is 0.167. The summed E-state index contributed by atoms with van der Waals surface area (Å²) in [6, 6.07) is 10.3. The smallest absolute Gasteiger partial charge is 0.293 e. The minimum atomic E-state index is -0.424. The number of nitrogens with zero attached hydrogens (tertiary/aromatic N) is 1. The first-order valence-corrected chi connectivity index (χ1v) is 10.3. The fourth-order valence-electron chi connectivity index (χ4n) is 2.79. The number of anilines is 1. The summed E-state index contributed by atoms with van der Waals surface area (Å²) < 4.78 is 28.7. The van der Waals surface area contributed by atoms with Crippen LogP contribution in [0, 0.1) is 5.82 Å². The molecule has 8 nitrogen and oxygen atoms in total. The molecule has 2 aromatic carbocycles. The van der Waals surface area contributed by atoms with Crippen molar-refractivity contribution in [3.8, 4) is 11.5 Å². The highest BCUT2D eigenvalue weighted by Crippen LogP contribution is 2.34. The third-order valence-electron chi connectivity index (χ3n) is 4.36. The molecule has 1 fully saturated rings. The van der Waals surface area contributed by atoms with Crippen molar-refractivity contribution in [1.82, 2.24) is 4.90 Å². The van der Waals surface area contributed by atoms with Gasteiger partial charge >= 0.3 is 0 Å². The van der Waals surface area contributed by atoms with Gasteiger partial charge in [0.15, 0.2) is 18.1 Å². The number of hydrogen-bond donors (Lipinski definition) is 1. The van der Waals surface area contributed by atoms with Gasteiger partial charge in [0, 0.05) is 12.8 Å². The number of ether oxygens (including phenoxy) is 3. The maximum absolute atomic E-state index is 12.9. The van der Waals surface area contributed by atoms with Gasteiger partial charge in [0.1, 0.15) is 5.82 Å². The summed E-state index contributed by atoms with van der Waals surface area (Å²) in [5.74, 6) is -0.524. The van der Waals surface area contributed by atoms with E-state index in [9.17, 15) is 18.8 Å². The molecule has 1 aliphatic rings. The van der Waals surface area contributed by atoms with Crippen LogP contribution in [-0.4, -0.2) is 55.9 Å². The van der Waals surface area contributed by atoms with Crippen LogP contribution in [0.3, 0.4) is 0 Å². The number of nitrogens with one attached hydrogen (secondary N) is 1. The van der Waals surface area contributed by atoms with E-state index in [1.807, 2.05) is 0 Å². The van der Waals surface area contributed by atoms with Crippen molar-refractivity contribution in [1.29, 1.82) is 0 Å². The van der Waals surface area contributed by atoms with Gasteiger partial charge in [0.25, 0.3) is 17.1 Å². The first kappa shape index (κ1) is 23.3. The topological polar surface area (TPSA) is 94.2 Å². The molecular formula is C22H21FN2O6S. The van der Waals surface area contributed by atoms with Crippen molar-refractivity contribution in [2.75, 3.05) is 39.3 Å². The van der Waals surface area contributed by atoms with Crippen molar-refractivity contribution >= 4 is 40.6 Å². The molecule has 0 spiro atoms. The predicted octanol–water partition coefficient (Wildman–Crippen LogP) is 3.53. The maximum atomic E-state index is 12.9.